The molecule has 0 bridgehead atoms. The smallest absolute Gasteiger partial charge is 0.228 e. The summed E-state index contributed by atoms with van der Waals surface area (Å²) in [6.45, 7) is 18.3. The second kappa shape index (κ2) is 7.81. The van der Waals surface area contributed by atoms with Gasteiger partial charge in [-0.05, 0) is 69.8 Å². The highest BCUT2D eigenvalue weighted by Crippen LogP contribution is 2.53. The molecule has 0 saturated carbocycles. The molecule has 0 atom stereocenters. The van der Waals surface area contributed by atoms with Crippen LogP contribution >= 0.6 is 0 Å². The monoisotopic (exact) mass is 488 g/mol. The van der Waals surface area contributed by atoms with E-state index in [1.165, 1.54) is 65.8 Å². The van der Waals surface area contributed by atoms with E-state index >= 15 is 0 Å². The van der Waals surface area contributed by atoms with Crippen LogP contribution in [0.3, 0.4) is 0 Å². The minimum Gasteiger partial charge on any atom is -0.455 e. The number of hydrogen-bond acceptors (Lipinski definition) is 1. The van der Waals surface area contributed by atoms with E-state index in [9.17, 15) is 0 Å². The van der Waals surface area contributed by atoms with Gasteiger partial charge in [0.1, 0.15) is 18.5 Å². The van der Waals surface area contributed by atoms with Crippen LogP contribution in [0.1, 0.15) is 63.8 Å². The zero-order chi connectivity index (χ0) is 26.4. The van der Waals surface area contributed by atoms with Crippen LogP contribution in [0.25, 0.3) is 43.6 Å². The molecule has 0 saturated heterocycles. The number of ether oxygens (including phenoxy) is 1. The van der Waals surface area contributed by atoms with Gasteiger partial charge in [0.15, 0.2) is 6.20 Å². The highest BCUT2D eigenvalue weighted by atomic mass is 16.5. The van der Waals surface area contributed by atoms with E-state index in [0.29, 0.717) is 0 Å². The molecule has 0 spiro atoms. The molecule has 37 heavy (non-hydrogen) atoms. The van der Waals surface area contributed by atoms with Crippen molar-refractivity contribution in [3.05, 3.63) is 77.0 Å². The molecule has 0 radical (unpaired) electrons. The number of benzene rings is 4. The standard InChI is InChI=1S/C35H38NO/c1-20-13-14-23-25(17-20)21(2)30-32-31-24(15-16-36(32)9)22-11-10-12-28(35(6,7)8)26(22)18-29(31)37-33(30)27(23)19-34(3,4)5/h10-18H,19H2,1-9H3/q+1. The highest BCUT2D eigenvalue weighted by Gasteiger charge is 2.34. The van der Waals surface area contributed by atoms with Gasteiger partial charge < -0.3 is 4.74 Å². The van der Waals surface area contributed by atoms with Crippen molar-refractivity contribution in [2.75, 3.05) is 0 Å². The van der Waals surface area contributed by atoms with Crippen molar-refractivity contribution in [3.8, 4) is 22.8 Å². The SMILES string of the molecule is Cc1ccc2c(CC(C)(C)C)c3c(c(C)c2c1)-c1c2c(cc4c(C(C)(C)C)cccc4c2cc[n+]1C)O3. The molecular weight excluding hydrogens is 450 g/mol. The van der Waals surface area contributed by atoms with Gasteiger partial charge in [-0.15, -0.1) is 0 Å². The Morgan fingerprint density at radius 2 is 1.54 bits per heavy atom. The maximum atomic E-state index is 7.06. The van der Waals surface area contributed by atoms with Crippen LogP contribution in [0, 0.1) is 19.3 Å². The first-order valence-electron chi connectivity index (χ1n) is 13.5. The molecule has 0 fully saturated rings. The summed E-state index contributed by atoms with van der Waals surface area (Å²) in [7, 11) is 2.17. The largest absolute Gasteiger partial charge is 0.455 e. The van der Waals surface area contributed by atoms with E-state index in [2.05, 4.69) is 122 Å². The molecule has 2 heteroatoms. The van der Waals surface area contributed by atoms with Crippen molar-refractivity contribution in [2.45, 2.75) is 67.2 Å². The predicted molar refractivity (Wildman–Crippen MR) is 157 cm³/mol. The molecule has 0 aliphatic carbocycles. The Balaban J connectivity index is 1.81. The lowest BCUT2D eigenvalue weighted by molar-refractivity contribution is -0.659. The van der Waals surface area contributed by atoms with E-state index in [1.54, 1.807) is 0 Å². The second-order valence-corrected chi connectivity index (χ2v) is 13.3. The molecule has 2 heterocycles. The fourth-order valence-electron chi connectivity index (χ4n) is 6.34. The molecule has 6 rings (SSSR count). The van der Waals surface area contributed by atoms with Gasteiger partial charge in [0.25, 0.3) is 0 Å². The predicted octanol–water partition coefficient (Wildman–Crippen LogP) is 9.25. The minimum absolute atomic E-state index is 0.0385. The van der Waals surface area contributed by atoms with Gasteiger partial charge in [-0.1, -0.05) is 83.5 Å². The fourth-order valence-corrected chi connectivity index (χ4v) is 6.34. The Morgan fingerprint density at radius 3 is 2.24 bits per heavy atom. The summed E-state index contributed by atoms with van der Waals surface area (Å²) in [5.41, 5.74) is 7.92. The molecule has 1 aromatic heterocycles. The Hall–Kier alpha value is -3.39. The summed E-state index contributed by atoms with van der Waals surface area (Å²) < 4.78 is 9.36. The van der Waals surface area contributed by atoms with Gasteiger partial charge in [0.2, 0.25) is 5.69 Å². The minimum atomic E-state index is 0.0385. The number of hydrogen-bond donors (Lipinski definition) is 0. The Labute approximate surface area is 220 Å². The molecule has 0 unspecified atom stereocenters. The van der Waals surface area contributed by atoms with Crippen LogP contribution < -0.4 is 9.30 Å². The molecule has 0 amide bonds. The number of nitrogens with zero attached hydrogens (tertiary/aromatic N) is 1. The number of aromatic nitrogens is 1. The van der Waals surface area contributed by atoms with Crippen molar-refractivity contribution in [1.29, 1.82) is 0 Å². The molecule has 188 valence electrons. The molecule has 5 aromatic rings. The summed E-state index contributed by atoms with van der Waals surface area (Å²) in [5.74, 6) is 2.01. The van der Waals surface area contributed by atoms with Crippen LogP contribution in [0.4, 0.5) is 0 Å². The fraction of sp³-hybridized carbons (Fsp3) is 0.343. The first kappa shape index (κ1) is 24.0. The van der Waals surface area contributed by atoms with Gasteiger partial charge >= 0.3 is 0 Å². The Morgan fingerprint density at radius 1 is 0.784 bits per heavy atom. The molecule has 1 aliphatic rings. The number of fused-ring (bicyclic) bond motifs is 5. The maximum absolute atomic E-state index is 7.06. The summed E-state index contributed by atoms with van der Waals surface area (Å²) in [6.07, 6.45) is 3.17. The first-order valence-corrected chi connectivity index (χ1v) is 13.5. The Kier molecular flexibility index (Phi) is 5.06. The van der Waals surface area contributed by atoms with Gasteiger partial charge in [-0.2, -0.15) is 0 Å². The van der Waals surface area contributed by atoms with Gasteiger partial charge in [0.05, 0.1) is 10.9 Å². The third-order valence-corrected chi connectivity index (χ3v) is 7.99. The average molecular weight is 489 g/mol. The van der Waals surface area contributed by atoms with Crippen LogP contribution in [0.5, 0.6) is 11.5 Å². The van der Waals surface area contributed by atoms with Crippen molar-refractivity contribution in [1.82, 2.24) is 0 Å². The van der Waals surface area contributed by atoms with E-state index < -0.39 is 0 Å². The maximum Gasteiger partial charge on any atom is 0.228 e. The lowest BCUT2D eigenvalue weighted by Crippen LogP contribution is -2.32. The van der Waals surface area contributed by atoms with Crippen molar-refractivity contribution >= 4 is 32.3 Å². The first-order chi connectivity index (χ1) is 17.3. The van der Waals surface area contributed by atoms with Gasteiger partial charge in [-0.25, -0.2) is 4.57 Å². The second-order valence-electron chi connectivity index (χ2n) is 13.3. The van der Waals surface area contributed by atoms with Crippen molar-refractivity contribution < 1.29 is 9.30 Å². The van der Waals surface area contributed by atoms with Crippen molar-refractivity contribution in [3.63, 3.8) is 0 Å². The molecular formula is C35H38NO+. The van der Waals surface area contributed by atoms with Crippen LogP contribution in [0.15, 0.2) is 54.7 Å². The zero-order valence-corrected chi connectivity index (χ0v) is 23.8. The third-order valence-electron chi connectivity index (χ3n) is 7.99. The van der Waals surface area contributed by atoms with E-state index in [4.69, 9.17) is 4.74 Å². The van der Waals surface area contributed by atoms with Crippen LogP contribution in [0.2, 0.25) is 0 Å². The normalized spacial score (nSPS) is 13.3. The van der Waals surface area contributed by atoms with Crippen molar-refractivity contribution in [2.24, 2.45) is 12.5 Å². The summed E-state index contributed by atoms with van der Waals surface area (Å²) in [4.78, 5) is 0. The van der Waals surface area contributed by atoms with E-state index in [1.807, 2.05) is 0 Å². The lowest BCUT2D eigenvalue weighted by atomic mass is 9.80. The lowest BCUT2D eigenvalue weighted by Gasteiger charge is -2.29. The van der Waals surface area contributed by atoms with Crippen LogP contribution in [-0.2, 0) is 18.9 Å². The van der Waals surface area contributed by atoms with E-state index in [0.717, 1.165) is 17.9 Å². The Bertz CT molecular complexity index is 1760. The highest BCUT2D eigenvalue weighted by molar-refractivity contribution is 6.17. The number of pyridine rings is 1. The summed E-state index contributed by atoms with van der Waals surface area (Å²) in [6, 6.07) is 18.2. The molecule has 2 nitrogen and oxygen atoms in total. The van der Waals surface area contributed by atoms with E-state index in [-0.39, 0.29) is 10.8 Å². The average Bonchev–Trinajstić information content (AvgIpc) is 2.81. The molecule has 0 N–H and O–H groups in total. The summed E-state index contributed by atoms with van der Waals surface area (Å²) >= 11 is 0. The number of rotatable bonds is 1. The summed E-state index contributed by atoms with van der Waals surface area (Å²) in [5, 5.41) is 7.70. The van der Waals surface area contributed by atoms with Gasteiger partial charge in [0, 0.05) is 17.0 Å². The number of aryl methyl sites for hydroxylation is 3. The van der Waals surface area contributed by atoms with Crippen LogP contribution in [-0.4, -0.2) is 0 Å². The zero-order valence-electron chi connectivity index (χ0n) is 23.8. The van der Waals surface area contributed by atoms with Gasteiger partial charge in [-0.3, -0.25) is 0 Å². The topological polar surface area (TPSA) is 13.1 Å². The third kappa shape index (κ3) is 3.64. The quantitative estimate of drug-likeness (QED) is 0.166. The molecule has 1 aliphatic heterocycles. The molecule has 4 aromatic carbocycles.